The Kier molecular flexibility index (Phi) is 2.95. The van der Waals surface area contributed by atoms with Crippen LogP contribution < -0.4 is 5.32 Å². The largest absolute Gasteiger partial charge is 0.347 e. The standard InChI is InChI=1S/C13H13FN2O/c1-3-7-15-13(17)12-8-9-10(14)5-4-6-11(9)16(12)2/h3-6,8H,1,7H2,2H3,(H,15,17). The van der Waals surface area contributed by atoms with Crippen LogP contribution in [0.4, 0.5) is 4.39 Å². The van der Waals surface area contributed by atoms with Gasteiger partial charge in [0.15, 0.2) is 0 Å². The number of rotatable bonds is 3. The average molecular weight is 232 g/mol. The molecule has 0 saturated heterocycles. The molecule has 1 aromatic carbocycles. The fraction of sp³-hybridized carbons (Fsp3) is 0.154. The van der Waals surface area contributed by atoms with E-state index in [0.717, 1.165) is 0 Å². The van der Waals surface area contributed by atoms with Gasteiger partial charge in [0.25, 0.3) is 5.91 Å². The molecule has 2 rings (SSSR count). The first-order valence-corrected chi connectivity index (χ1v) is 5.28. The molecule has 0 aliphatic rings. The van der Waals surface area contributed by atoms with Crippen molar-refractivity contribution in [3.05, 3.63) is 48.4 Å². The summed E-state index contributed by atoms with van der Waals surface area (Å²) in [5.74, 6) is -0.552. The van der Waals surface area contributed by atoms with E-state index < -0.39 is 0 Å². The Morgan fingerprint density at radius 2 is 2.35 bits per heavy atom. The summed E-state index contributed by atoms with van der Waals surface area (Å²) in [6, 6.07) is 6.35. The summed E-state index contributed by atoms with van der Waals surface area (Å²) in [5.41, 5.74) is 1.14. The zero-order valence-electron chi connectivity index (χ0n) is 9.53. The molecule has 0 unspecified atom stereocenters. The molecule has 0 bridgehead atoms. The molecule has 0 fully saturated rings. The van der Waals surface area contributed by atoms with Crippen LogP contribution in [0.25, 0.3) is 10.9 Å². The average Bonchev–Trinajstić information content (AvgIpc) is 2.66. The topological polar surface area (TPSA) is 34.0 Å². The van der Waals surface area contributed by atoms with E-state index in [4.69, 9.17) is 0 Å². The number of carbonyl (C=O) groups excluding carboxylic acids is 1. The molecule has 1 aromatic heterocycles. The second-order valence-electron chi connectivity index (χ2n) is 3.76. The molecule has 0 radical (unpaired) electrons. The summed E-state index contributed by atoms with van der Waals surface area (Å²) >= 11 is 0. The maximum absolute atomic E-state index is 13.5. The molecule has 1 heterocycles. The van der Waals surface area contributed by atoms with Crippen molar-refractivity contribution in [2.45, 2.75) is 0 Å². The van der Waals surface area contributed by atoms with Crippen LogP contribution in [-0.4, -0.2) is 17.0 Å². The summed E-state index contributed by atoms with van der Waals surface area (Å²) in [6.45, 7) is 3.92. The van der Waals surface area contributed by atoms with Crippen LogP contribution in [0, 0.1) is 5.82 Å². The second kappa shape index (κ2) is 4.41. The molecule has 1 N–H and O–H groups in total. The van der Waals surface area contributed by atoms with Crippen molar-refractivity contribution in [3.63, 3.8) is 0 Å². The van der Waals surface area contributed by atoms with E-state index in [2.05, 4.69) is 11.9 Å². The number of nitrogens with one attached hydrogen (secondary N) is 1. The van der Waals surface area contributed by atoms with Crippen LogP contribution in [-0.2, 0) is 7.05 Å². The highest BCUT2D eigenvalue weighted by Crippen LogP contribution is 2.21. The summed E-state index contributed by atoms with van der Waals surface area (Å²) in [6.07, 6.45) is 1.60. The van der Waals surface area contributed by atoms with Crippen molar-refractivity contribution < 1.29 is 9.18 Å². The van der Waals surface area contributed by atoms with Gasteiger partial charge < -0.3 is 9.88 Å². The molecule has 3 nitrogen and oxygen atoms in total. The van der Waals surface area contributed by atoms with Crippen LogP contribution >= 0.6 is 0 Å². The van der Waals surface area contributed by atoms with Crippen molar-refractivity contribution >= 4 is 16.8 Å². The summed E-state index contributed by atoms with van der Waals surface area (Å²) in [7, 11) is 1.74. The lowest BCUT2D eigenvalue weighted by atomic mass is 10.2. The number of amides is 1. The van der Waals surface area contributed by atoms with Crippen LogP contribution in [0.2, 0.25) is 0 Å². The summed E-state index contributed by atoms with van der Waals surface area (Å²) < 4.78 is 15.2. The van der Waals surface area contributed by atoms with Gasteiger partial charge in [-0.1, -0.05) is 12.1 Å². The molecule has 4 heteroatoms. The maximum atomic E-state index is 13.5. The normalized spacial score (nSPS) is 10.5. The highest BCUT2D eigenvalue weighted by molar-refractivity contribution is 5.98. The Balaban J connectivity index is 2.48. The van der Waals surface area contributed by atoms with E-state index in [1.807, 2.05) is 0 Å². The molecule has 0 aliphatic carbocycles. The Bertz CT molecular complexity index is 586. The number of carbonyl (C=O) groups is 1. The zero-order valence-corrected chi connectivity index (χ0v) is 9.53. The van der Waals surface area contributed by atoms with Crippen molar-refractivity contribution in [2.24, 2.45) is 7.05 Å². The van der Waals surface area contributed by atoms with E-state index in [9.17, 15) is 9.18 Å². The number of aryl methyl sites for hydroxylation is 1. The molecule has 2 aromatic rings. The number of hydrogen-bond donors (Lipinski definition) is 1. The molecule has 0 spiro atoms. The van der Waals surface area contributed by atoms with Gasteiger partial charge in [0.1, 0.15) is 11.5 Å². The van der Waals surface area contributed by atoms with E-state index in [1.165, 1.54) is 6.07 Å². The molecular formula is C13H13FN2O. The Morgan fingerprint density at radius 1 is 1.59 bits per heavy atom. The minimum Gasteiger partial charge on any atom is -0.347 e. The third-order valence-corrected chi connectivity index (χ3v) is 2.67. The highest BCUT2D eigenvalue weighted by atomic mass is 19.1. The monoisotopic (exact) mass is 232 g/mol. The fourth-order valence-corrected chi connectivity index (χ4v) is 1.80. The van der Waals surface area contributed by atoms with Gasteiger partial charge in [0, 0.05) is 19.0 Å². The van der Waals surface area contributed by atoms with Gasteiger partial charge in [0.2, 0.25) is 0 Å². The Hall–Kier alpha value is -2.10. The predicted octanol–water partition coefficient (Wildman–Crippen LogP) is 2.23. The van der Waals surface area contributed by atoms with E-state index in [0.29, 0.717) is 23.1 Å². The molecule has 88 valence electrons. The van der Waals surface area contributed by atoms with Gasteiger partial charge in [-0.25, -0.2) is 4.39 Å². The minimum atomic E-state index is -0.319. The van der Waals surface area contributed by atoms with Gasteiger partial charge in [0.05, 0.1) is 5.52 Å². The number of fused-ring (bicyclic) bond motifs is 1. The maximum Gasteiger partial charge on any atom is 0.268 e. The van der Waals surface area contributed by atoms with Gasteiger partial charge in [-0.2, -0.15) is 0 Å². The third-order valence-electron chi connectivity index (χ3n) is 2.67. The number of halogens is 1. The molecular weight excluding hydrogens is 219 g/mol. The predicted molar refractivity (Wildman–Crippen MR) is 65.4 cm³/mol. The number of nitrogens with zero attached hydrogens (tertiary/aromatic N) is 1. The van der Waals surface area contributed by atoms with E-state index >= 15 is 0 Å². The lowest BCUT2D eigenvalue weighted by Gasteiger charge is -2.03. The second-order valence-corrected chi connectivity index (χ2v) is 3.76. The first-order valence-electron chi connectivity index (χ1n) is 5.28. The van der Waals surface area contributed by atoms with Crippen molar-refractivity contribution in [1.29, 1.82) is 0 Å². The summed E-state index contributed by atoms with van der Waals surface area (Å²) in [5, 5.41) is 3.13. The van der Waals surface area contributed by atoms with Crippen LogP contribution in [0.1, 0.15) is 10.5 Å². The smallest absolute Gasteiger partial charge is 0.268 e. The van der Waals surface area contributed by atoms with Gasteiger partial charge >= 0.3 is 0 Å². The van der Waals surface area contributed by atoms with Crippen molar-refractivity contribution in [3.8, 4) is 0 Å². The molecule has 0 saturated carbocycles. The Labute approximate surface area is 98.5 Å². The van der Waals surface area contributed by atoms with Crippen LogP contribution in [0.3, 0.4) is 0 Å². The molecule has 0 aliphatic heterocycles. The Morgan fingerprint density at radius 3 is 3.00 bits per heavy atom. The summed E-state index contributed by atoms with van der Waals surface area (Å²) in [4.78, 5) is 11.8. The van der Waals surface area contributed by atoms with Gasteiger partial charge in [-0.3, -0.25) is 4.79 Å². The lowest BCUT2D eigenvalue weighted by molar-refractivity contribution is 0.0950. The van der Waals surface area contributed by atoms with Crippen LogP contribution in [0.5, 0.6) is 0 Å². The van der Waals surface area contributed by atoms with Gasteiger partial charge in [-0.15, -0.1) is 6.58 Å². The quantitative estimate of drug-likeness (QED) is 0.809. The lowest BCUT2D eigenvalue weighted by Crippen LogP contribution is -2.25. The van der Waals surface area contributed by atoms with Crippen molar-refractivity contribution in [1.82, 2.24) is 9.88 Å². The van der Waals surface area contributed by atoms with Crippen LogP contribution in [0.15, 0.2) is 36.9 Å². The number of aromatic nitrogens is 1. The number of benzene rings is 1. The SMILES string of the molecule is C=CCNC(=O)c1cc2c(F)cccc2n1C. The minimum absolute atomic E-state index is 0.233. The molecule has 1 amide bonds. The first kappa shape index (κ1) is 11.4. The van der Waals surface area contributed by atoms with Gasteiger partial charge in [-0.05, 0) is 18.2 Å². The molecule has 17 heavy (non-hydrogen) atoms. The van der Waals surface area contributed by atoms with E-state index in [1.54, 1.807) is 35.9 Å². The van der Waals surface area contributed by atoms with E-state index in [-0.39, 0.29) is 11.7 Å². The third kappa shape index (κ3) is 1.93. The van der Waals surface area contributed by atoms with Crippen molar-refractivity contribution in [2.75, 3.05) is 6.54 Å². The number of hydrogen-bond acceptors (Lipinski definition) is 1. The highest BCUT2D eigenvalue weighted by Gasteiger charge is 2.14. The fourth-order valence-electron chi connectivity index (χ4n) is 1.80. The molecule has 0 atom stereocenters. The zero-order chi connectivity index (χ0) is 12.4. The first-order chi connectivity index (χ1) is 8.15.